The average molecular weight is 269 g/mol. The number of hydrogen-bond donors (Lipinski definition) is 2. The summed E-state index contributed by atoms with van der Waals surface area (Å²) >= 11 is 5.25. The number of thiocarbonyl (C=S) groups is 1. The van der Waals surface area contributed by atoms with Crippen molar-refractivity contribution in [3.05, 3.63) is 55.1 Å². The number of nitrogens with zero attached hydrogens (tertiary/aromatic N) is 3. The first-order chi connectivity index (χ1) is 9.33. The fourth-order valence-corrected chi connectivity index (χ4v) is 2.08. The van der Waals surface area contributed by atoms with Gasteiger partial charge < -0.3 is 5.32 Å². The molecule has 0 spiro atoms. The third kappa shape index (κ3) is 2.53. The molecular weight excluding hydrogens is 258 g/mol. The number of hydrogen-bond acceptors (Lipinski definition) is 3. The van der Waals surface area contributed by atoms with Crippen LogP contribution in [-0.4, -0.2) is 20.0 Å². The highest BCUT2D eigenvalue weighted by Gasteiger charge is 2.02. The number of aromatic nitrogens is 3. The minimum absolute atomic E-state index is 0.483. The first kappa shape index (κ1) is 11.6. The van der Waals surface area contributed by atoms with Crippen LogP contribution < -0.4 is 10.7 Å². The van der Waals surface area contributed by atoms with Gasteiger partial charge in [0, 0.05) is 11.1 Å². The van der Waals surface area contributed by atoms with E-state index >= 15 is 0 Å². The Bertz CT molecular complexity index is 703. The van der Waals surface area contributed by atoms with E-state index in [4.69, 9.17) is 12.2 Å². The van der Waals surface area contributed by atoms with Crippen LogP contribution in [0.25, 0.3) is 10.8 Å². The SMILES string of the molecule is S=C(Nc1cccc2ccccc12)Nn1cnnc1. The highest BCUT2D eigenvalue weighted by atomic mass is 32.1. The molecule has 5 nitrogen and oxygen atoms in total. The summed E-state index contributed by atoms with van der Waals surface area (Å²) in [4.78, 5) is 0. The van der Waals surface area contributed by atoms with Gasteiger partial charge in [-0.1, -0.05) is 36.4 Å². The van der Waals surface area contributed by atoms with Crippen molar-refractivity contribution in [2.24, 2.45) is 0 Å². The zero-order valence-corrected chi connectivity index (χ0v) is 10.8. The van der Waals surface area contributed by atoms with E-state index in [0.717, 1.165) is 11.1 Å². The first-order valence-corrected chi connectivity index (χ1v) is 6.14. The molecule has 0 fully saturated rings. The van der Waals surface area contributed by atoms with E-state index in [1.54, 1.807) is 4.68 Å². The van der Waals surface area contributed by atoms with Gasteiger partial charge in [0.25, 0.3) is 0 Å². The van der Waals surface area contributed by atoms with Crippen LogP contribution >= 0.6 is 12.2 Å². The predicted molar refractivity (Wildman–Crippen MR) is 79.6 cm³/mol. The Morgan fingerprint density at radius 2 is 1.74 bits per heavy atom. The van der Waals surface area contributed by atoms with Crippen LogP contribution in [0.15, 0.2) is 55.1 Å². The Morgan fingerprint density at radius 1 is 1.00 bits per heavy atom. The topological polar surface area (TPSA) is 54.8 Å². The maximum absolute atomic E-state index is 5.25. The van der Waals surface area contributed by atoms with Crippen molar-refractivity contribution in [1.29, 1.82) is 0 Å². The molecule has 3 rings (SSSR count). The van der Waals surface area contributed by atoms with Crippen LogP contribution in [0.2, 0.25) is 0 Å². The lowest BCUT2D eigenvalue weighted by Crippen LogP contribution is -2.26. The van der Waals surface area contributed by atoms with Gasteiger partial charge in [-0.3, -0.25) is 5.43 Å². The molecule has 19 heavy (non-hydrogen) atoms. The molecule has 1 aromatic heterocycles. The van der Waals surface area contributed by atoms with Crippen LogP contribution in [0.5, 0.6) is 0 Å². The third-order valence-corrected chi connectivity index (χ3v) is 2.88. The van der Waals surface area contributed by atoms with Gasteiger partial charge in [-0.05, 0) is 23.7 Å². The fourth-order valence-electron chi connectivity index (χ4n) is 1.86. The van der Waals surface area contributed by atoms with E-state index in [-0.39, 0.29) is 0 Å². The zero-order valence-electron chi connectivity index (χ0n) is 9.95. The highest BCUT2D eigenvalue weighted by molar-refractivity contribution is 7.80. The lowest BCUT2D eigenvalue weighted by molar-refractivity contribution is 0.974. The van der Waals surface area contributed by atoms with Gasteiger partial charge in [-0.2, -0.15) is 0 Å². The normalized spacial score (nSPS) is 10.3. The molecule has 2 N–H and O–H groups in total. The molecule has 0 aliphatic carbocycles. The molecule has 0 saturated carbocycles. The largest absolute Gasteiger partial charge is 0.331 e. The summed E-state index contributed by atoms with van der Waals surface area (Å²) in [5.41, 5.74) is 3.91. The highest BCUT2D eigenvalue weighted by Crippen LogP contribution is 2.22. The second-order valence-corrected chi connectivity index (χ2v) is 4.37. The molecule has 1 heterocycles. The number of nitrogens with one attached hydrogen (secondary N) is 2. The molecule has 0 unspecified atom stereocenters. The number of fused-ring (bicyclic) bond motifs is 1. The van der Waals surface area contributed by atoms with Crippen LogP contribution in [0.3, 0.4) is 0 Å². The maximum Gasteiger partial charge on any atom is 0.190 e. The summed E-state index contributed by atoms with van der Waals surface area (Å²) in [7, 11) is 0. The second kappa shape index (κ2) is 5.03. The molecule has 0 aliphatic rings. The third-order valence-electron chi connectivity index (χ3n) is 2.69. The minimum atomic E-state index is 0.483. The van der Waals surface area contributed by atoms with Gasteiger partial charge in [-0.15, -0.1) is 10.2 Å². The van der Waals surface area contributed by atoms with E-state index in [9.17, 15) is 0 Å². The van der Waals surface area contributed by atoms with Crippen LogP contribution in [0.4, 0.5) is 5.69 Å². The summed E-state index contributed by atoms with van der Waals surface area (Å²) in [6.07, 6.45) is 3.08. The summed E-state index contributed by atoms with van der Waals surface area (Å²) in [6.45, 7) is 0. The van der Waals surface area contributed by atoms with E-state index in [2.05, 4.69) is 39.1 Å². The molecule has 0 atom stereocenters. The Morgan fingerprint density at radius 3 is 2.58 bits per heavy atom. The summed E-state index contributed by atoms with van der Waals surface area (Å²) in [5, 5.41) is 13.3. The van der Waals surface area contributed by atoms with Gasteiger partial charge in [0.05, 0.1) is 0 Å². The maximum atomic E-state index is 5.25. The van der Waals surface area contributed by atoms with Gasteiger partial charge in [0.2, 0.25) is 0 Å². The van der Waals surface area contributed by atoms with E-state index in [1.165, 1.54) is 18.0 Å². The molecule has 0 amide bonds. The van der Waals surface area contributed by atoms with Crippen LogP contribution in [0.1, 0.15) is 0 Å². The Labute approximate surface area is 115 Å². The molecule has 0 aliphatic heterocycles. The molecule has 94 valence electrons. The van der Waals surface area contributed by atoms with Crippen molar-refractivity contribution >= 4 is 33.8 Å². The molecule has 2 aromatic carbocycles. The smallest absolute Gasteiger partial charge is 0.190 e. The molecule has 0 radical (unpaired) electrons. The minimum Gasteiger partial charge on any atom is -0.331 e. The van der Waals surface area contributed by atoms with E-state index < -0.39 is 0 Å². The lowest BCUT2D eigenvalue weighted by atomic mass is 10.1. The molecule has 6 heteroatoms. The zero-order chi connectivity index (χ0) is 13.1. The summed E-state index contributed by atoms with van der Waals surface area (Å²) in [5.74, 6) is 0. The Hall–Kier alpha value is -2.47. The van der Waals surface area contributed by atoms with Gasteiger partial charge in [0.15, 0.2) is 5.11 Å². The summed E-state index contributed by atoms with van der Waals surface area (Å²) < 4.78 is 1.58. The van der Waals surface area contributed by atoms with Crippen molar-refractivity contribution in [2.75, 3.05) is 10.7 Å². The standard InChI is InChI=1S/C13H11N5S/c19-13(17-18-8-14-15-9-18)16-12-7-3-5-10-4-1-2-6-11(10)12/h1-9H,(H2,16,17,19). The molecule has 0 bridgehead atoms. The van der Waals surface area contributed by atoms with Crippen molar-refractivity contribution in [3.8, 4) is 0 Å². The van der Waals surface area contributed by atoms with Gasteiger partial charge in [-0.25, -0.2) is 4.68 Å². The molecular formula is C13H11N5S. The second-order valence-electron chi connectivity index (χ2n) is 3.96. The lowest BCUT2D eigenvalue weighted by Gasteiger charge is -2.12. The number of anilines is 1. The fraction of sp³-hybridized carbons (Fsp3) is 0. The van der Waals surface area contributed by atoms with Gasteiger partial charge >= 0.3 is 0 Å². The molecule has 3 aromatic rings. The molecule has 0 saturated heterocycles. The number of benzene rings is 2. The monoisotopic (exact) mass is 269 g/mol. The first-order valence-electron chi connectivity index (χ1n) is 5.73. The van der Waals surface area contributed by atoms with Crippen molar-refractivity contribution in [1.82, 2.24) is 14.9 Å². The van der Waals surface area contributed by atoms with E-state index in [1.807, 2.05) is 24.3 Å². The van der Waals surface area contributed by atoms with E-state index in [0.29, 0.717) is 5.11 Å². The van der Waals surface area contributed by atoms with Crippen LogP contribution in [-0.2, 0) is 0 Å². The van der Waals surface area contributed by atoms with Crippen molar-refractivity contribution in [2.45, 2.75) is 0 Å². The van der Waals surface area contributed by atoms with Crippen molar-refractivity contribution < 1.29 is 0 Å². The average Bonchev–Trinajstić information content (AvgIpc) is 2.92. The summed E-state index contributed by atoms with van der Waals surface area (Å²) in [6, 6.07) is 14.2. The van der Waals surface area contributed by atoms with Crippen molar-refractivity contribution in [3.63, 3.8) is 0 Å². The predicted octanol–water partition coefficient (Wildman–Crippen LogP) is 2.37. The number of rotatable bonds is 2. The Balaban J connectivity index is 1.83. The quantitative estimate of drug-likeness (QED) is 0.700. The van der Waals surface area contributed by atoms with Crippen LogP contribution in [0, 0.1) is 0 Å². The van der Waals surface area contributed by atoms with Gasteiger partial charge in [0.1, 0.15) is 12.7 Å². The Kier molecular flexibility index (Phi) is 3.07.